The number of rotatable bonds is 8. The standard InChI is InChI=1S/C20H21FN6O4/c1-2-8-22-18-15(11-23-20(26-18)24-13-5-3-4-12(21)9-13)19(29)25-16-7-6-14(27(30)31)10-17(16)28/h3-7,9-11,20,22,24,26,28H,2,8H2,1H3,(H,25,29). The molecular formula is C20H21FN6O4. The van der Waals surface area contributed by atoms with Crippen LogP contribution in [0.5, 0.6) is 5.75 Å². The maximum absolute atomic E-state index is 13.4. The Balaban J connectivity index is 1.77. The third kappa shape index (κ3) is 5.47. The smallest absolute Gasteiger partial charge is 0.273 e. The predicted octanol–water partition coefficient (Wildman–Crippen LogP) is 2.66. The van der Waals surface area contributed by atoms with E-state index in [0.29, 0.717) is 18.1 Å². The van der Waals surface area contributed by atoms with Gasteiger partial charge >= 0.3 is 0 Å². The molecule has 0 bridgehead atoms. The topological polar surface area (TPSA) is 141 Å². The minimum absolute atomic E-state index is 0.0198. The number of nitro benzene ring substituents is 1. The minimum Gasteiger partial charge on any atom is -0.506 e. The number of carbonyl (C=O) groups is 1. The van der Waals surface area contributed by atoms with Gasteiger partial charge in [0.25, 0.3) is 11.6 Å². The Bertz CT molecular complexity index is 1060. The molecule has 31 heavy (non-hydrogen) atoms. The fraction of sp³-hybridized carbons (Fsp3) is 0.200. The van der Waals surface area contributed by atoms with Crippen molar-refractivity contribution >= 4 is 29.2 Å². The molecule has 162 valence electrons. The molecule has 1 aliphatic rings. The SMILES string of the molecule is CCCNC1=C(C(=O)Nc2ccc([N+](=O)[O-])cc2O)C=NC(Nc2cccc(F)c2)N1. The normalized spacial score (nSPS) is 15.2. The Morgan fingerprint density at radius 2 is 2.13 bits per heavy atom. The molecule has 0 saturated carbocycles. The van der Waals surface area contributed by atoms with Crippen LogP contribution in [0.15, 0.2) is 58.9 Å². The fourth-order valence-corrected chi connectivity index (χ4v) is 2.77. The van der Waals surface area contributed by atoms with E-state index in [2.05, 4.69) is 26.3 Å². The van der Waals surface area contributed by atoms with Crippen LogP contribution in [-0.2, 0) is 4.79 Å². The Morgan fingerprint density at radius 3 is 2.81 bits per heavy atom. The molecule has 1 atom stereocenters. The number of aromatic hydroxyl groups is 1. The van der Waals surface area contributed by atoms with Crippen LogP contribution in [0.3, 0.4) is 0 Å². The second-order valence-electron chi connectivity index (χ2n) is 6.61. The number of nitrogens with one attached hydrogen (secondary N) is 4. The largest absolute Gasteiger partial charge is 0.506 e. The summed E-state index contributed by atoms with van der Waals surface area (Å²) < 4.78 is 13.4. The van der Waals surface area contributed by atoms with Crippen molar-refractivity contribution in [1.82, 2.24) is 10.6 Å². The average Bonchev–Trinajstić information content (AvgIpc) is 2.73. The number of hydrogen-bond donors (Lipinski definition) is 5. The van der Waals surface area contributed by atoms with Crippen LogP contribution in [0.1, 0.15) is 13.3 Å². The van der Waals surface area contributed by atoms with E-state index in [0.717, 1.165) is 12.5 Å². The van der Waals surface area contributed by atoms with Crippen molar-refractivity contribution in [2.75, 3.05) is 17.2 Å². The molecule has 2 aromatic carbocycles. The van der Waals surface area contributed by atoms with Gasteiger partial charge < -0.3 is 26.4 Å². The number of anilines is 2. The van der Waals surface area contributed by atoms with E-state index in [4.69, 9.17) is 0 Å². The summed E-state index contributed by atoms with van der Waals surface area (Å²) in [5.74, 6) is -1.02. The first kappa shape index (κ1) is 21.6. The highest BCUT2D eigenvalue weighted by atomic mass is 19.1. The zero-order valence-corrected chi connectivity index (χ0v) is 16.6. The third-order valence-corrected chi connectivity index (χ3v) is 4.27. The number of phenolic OH excluding ortho intramolecular Hbond substituents is 1. The highest BCUT2D eigenvalue weighted by molar-refractivity contribution is 6.18. The van der Waals surface area contributed by atoms with E-state index in [1.807, 2.05) is 6.92 Å². The van der Waals surface area contributed by atoms with E-state index in [9.17, 15) is 24.4 Å². The number of nitro groups is 1. The highest BCUT2D eigenvalue weighted by Crippen LogP contribution is 2.28. The van der Waals surface area contributed by atoms with Crippen molar-refractivity contribution in [3.05, 3.63) is 69.8 Å². The van der Waals surface area contributed by atoms with Gasteiger partial charge in [0.1, 0.15) is 17.4 Å². The molecule has 5 N–H and O–H groups in total. The number of benzene rings is 2. The number of non-ortho nitro benzene ring substituents is 1. The molecular weight excluding hydrogens is 407 g/mol. The molecule has 1 amide bonds. The van der Waals surface area contributed by atoms with Gasteiger partial charge in [0.05, 0.1) is 22.3 Å². The van der Waals surface area contributed by atoms with Crippen LogP contribution in [0.4, 0.5) is 21.5 Å². The monoisotopic (exact) mass is 428 g/mol. The molecule has 10 nitrogen and oxygen atoms in total. The van der Waals surface area contributed by atoms with Crippen molar-refractivity contribution in [1.29, 1.82) is 0 Å². The molecule has 0 radical (unpaired) electrons. The second-order valence-corrected chi connectivity index (χ2v) is 6.61. The number of hydrogen-bond acceptors (Lipinski definition) is 8. The van der Waals surface area contributed by atoms with Crippen molar-refractivity contribution in [3.8, 4) is 5.75 Å². The molecule has 0 aromatic heterocycles. The third-order valence-electron chi connectivity index (χ3n) is 4.27. The summed E-state index contributed by atoms with van der Waals surface area (Å²) in [4.78, 5) is 27.2. The van der Waals surface area contributed by atoms with Gasteiger partial charge in [-0.2, -0.15) is 0 Å². The van der Waals surface area contributed by atoms with Crippen LogP contribution < -0.4 is 21.3 Å². The molecule has 0 fully saturated rings. The Kier molecular flexibility index (Phi) is 6.65. The van der Waals surface area contributed by atoms with E-state index in [1.165, 1.54) is 30.5 Å². The minimum atomic E-state index is -0.649. The summed E-state index contributed by atoms with van der Waals surface area (Å²) in [6.45, 7) is 2.53. The zero-order valence-electron chi connectivity index (χ0n) is 16.6. The quantitative estimate of drug-likeness (QED) is 0.247. The second kappa shape index (κ2) is 9.57. The van der Waals surface area contributed by atoms with Gasteiger partial charge in [-0.05, 0) is 30.7 Å². The van der Waals surface area contributed by atoms with Crippen LogP contribution >= 0.6 is 0 Å². The number of amides is 1. The van der Waals surface area contributed by atoms with Gasteiger partial charge in [0, 0.05) is 24.5 Å². The van der Waals surface area contributed by atoms with Crippen LogP contribution in [0.2, 0.25) is 0 Å². The summed E-state index contributed by atoms with van der Waals surface area (Å²) in [5, 5.41) is 32.4. The van der Waals surface area contributed by atoms with Gasteiger partial charge in [-0.15, -0.1) is 0 Å². The van der Waals surface area contributed by atoms with Crippen molar-refractivity contribution in [2.24, 2.45) is 4.99 Å². The summed E-state index contributed by atoms with van der Waals surface area (Å²) in [7, 11) is 0. The van der Waals surface area contributed by atoms with Gasteiger partial charge in [-0.3, -0.25) is 14.9 Å². The molecule has 1 aliphatic heterocycles. The number of halogens is 1. The first-order chi connectivity index (χ1) is 14.9. The van der Waals surface area contributed by atoms with Crippen molar-refractivity contribution in [2.45, 2.75) is 19.6 Å². The number of aliphatic imine (C=N–C) groups is 1. The van der Waals surface area contributed by atoms with E-state index in [-0.39, 0.29) is 16.9 Å². The summed E-state index contributed by atoms with van der Waals surface area (Å²) >= 11 is 0. The van der Waals surface area contributed by atoms with Crippen molar-refractivity contribution < 1.29 is 19.2 Å². The van der Waals surface area contributed by atoms with E-state index >= 15 is 0 Å². The molecule has 0 spiro atoms. The summed E-state index contributed by atoms with van der Waals surface area (Å²) in [6.07, 6.45) is 1.50. The molecule has 11 heteroatoms. The van der Waals surface area contributed by atoms with Gasteiger partial charge in [-0.1, -0.05) is 13.0 Å². The van der Waals surface area contributed by atoms with Gasteiger partial charge in [-0.25, -0.2) is 9.38 Å². The molecule has 0 aliphatic carbocycles. The Morgan fingerprint density at radius 1 is 1.32 bits per heavy atom. The van der Waals surface area contributed by atoms with Crippen molar-refractivity contribution in [3.63, 3.8) is 0 Å². The lowest BCUT2D eigenvalue weighted by molar-refractivity contribution is -0.384. The Labute approximate surface area is 177 Å². The first-order valence-corrected chi connectivity index (χ1v) is 9.46. The highest BCUT2D eigenvalue weighted by Gasteiger charge is 2.22. The summed E-state index contributed by atoms with van der Waals surface area (Å²) in [5.41, 5.74) is 0.398. The fourth-order valence-electron chi connectivity index (χ4n) is 2.77. The molecule has 1 unspecified atom stereocenters. The van der Waals surface area contributed by atoms with Gasteiger partial charge in [0.15, 0.2) is 6.29 Å². The van der Waals surface area contributed by atoms with Gasteiger partial charge in [0.2, 0.25) is 0 Å². The lowest BCUT2D eigenvalue weighted by Gasteiger charge is -2.26. The van der Waals surface area contributed by atoms with Crippen LogP contribution in [0, 0.1) is 15.9 Å². The Hall–Kier alpha value is -4.15. The summed E-state index contributed by atoms with van der Waals surface area (Å²) in [6, 6.07) is 9.26. The molecule has 2 aromatic rings. The molecule has 3 rings (SSSR count). The average molecular weight is 428 g/mol. The number of nitrogens with zero attached hydrogens (tertiary/aromatic N) is 2. The number of phenols is 1. The lowest BCUT2D eigenvalue weighted by atomic mass is 10.2. The zero-order chi connectivity index (χ0) is 22.4. The predicted molar refractivity (Wildman–Crippen MR) is 114 cm³/mol. The lowest BCUT2D eigenvalue weighted by Crippen LogP contribution is -2.44. The maximum Gasteiger partial charge on any atom is 0.273 e. The van der Waals surface area contributed by atoms with E-state index in [1.54, 1.807) is 12.1 Å². The number of carbonyl (C=O) groups excluding carboxylic acids is 1. The molecule has 1 heterocycles. The molecule has 0 saturated heterocycles. The first-order valence-electron chi connectivity index (χ1n) is 9.46. The maximum atomic E-state index is 13.4. The van der Waals surface area contributed by atoms with Crippen LogP contribution in [-0.4, -0.2) is 35.0 Å². The van der Waals surface area contributed by atoms with Crippen LogP contribution in [0.25, 0.3) is 0 Å². The van der Waals surface area contributed by atoms with E-state index < -0.39 is 28.7 Å².